The molecule has 94 valence electrons. The van der Waals surface area contributed by atoms with Gasteiger partial charge in [0.05, 0.1) is 0 Å². The summed E-state index contributed by atoms with van der Waals surface area (Å²) >= 11 is 0. The average molecular weight is 243 g/mol. The van der Waals surface area contributed by atoms with E-state index in [1.807, 2.05) is 19.2 Å². The van der Waals surface area contributed by atoms with Crippen LogP contribution >= 0.6 is 0 Å². The average Bonchev–Trinajstić information content (AvgIpc) is 2.68. The summed E-state index contributed by atoms with van der Waals surface area (Å²) < 4.78 is 2.12. The van der Waals surface area contributed by atoms with Gasteiger partial charge in [-0.3, -0.25) is 4.79 Å². The second-order valence-corrected chi connectivity index (χ2v) is 4.99. The highest BCUT2D eigenvalue weighted by atomic mass is 16.1. The van der Waals surface area contributed by atoms with Crippen molar-refractivity contribution < 1.29 is 4.79 Å². The number of carbonyl (C=O) groups excluding carboxylic acids is 1. The molecule has 2 atom stereocenters. The Morgan fingerprint density at radius 1 is 1.39 bits per heavy atom. The molecule has 18 heavy (non-hydrogen) atoms. The molecule has 1 saturated heterocycles. The molecule has 0 aliphatic carbocycles. The molecule has 4 heteroatoms. The van der Waals surface area contributed by atoms with Gasteiger partial charge in [-0.05, 0) is 11.6 Å². The van der Waals surface area contributed by atoms with Crippen LogP contribution in [0.2, 0.25) is 0 Å². The number of amides is 1. The van der Waals surface area contributed by atoms with Gasteiger partial charge in [0.25, 0.3) is 0 Å². The van der Waals surface area contributed by atoms with E-state index in [-0.39, 0.29) is 17.9 Å². The van der Waals surface area contributed by atoms with Crippen molar-refractivity contribution in [1.29, 1.82) is 0 Å². The van der Waals surface area contributed by atoms with Crippen molar-refractivity contribution >= 4 is 16.8 Å². The Kier molecular flexibility index (Phi) is 2.59. The van der Waals surface area contributed by atoms with Gasteiger partial charge in [-0.1, -0.05) is 18.2 Å². The predicted octanol–water partition coefficient (Wildman–Crippen LogP) is 1.11. The van der Waals surface area contributed by atoms with E-state index in [9.17, 15) is 4.79 Å². The maximum atomic E-state index is 11.3. The molecule has 0 saturated carbocycles. The summed E-state index contributed by atoms with van der Waals surface area (Å²) in [7, 11) is 2.04. The fourth-order valence-corrected chi connectivity index (χ4v) is 2.81. The number of benzene rings is 1. The molecule has 3 N–H and O–H groups in total. The Hall–Kier alpha value is -1.81. The van der Waals surface area contributed by atoms with Crippen LogP contribution in [-0.4, -0.2) is 23.1 Å². The lowest BCUT2D eigenvalue weighted by atomic mass is 9.87. The van der Waals surface area contributed by atoms with E-state index in [1.54, 1.807) is 0 Å². The number of nitrogens with zero attached hydrogens (tertiary/aromatic N) is 1. The summed E-state index contributed by atoms with van der Waals surface area (Å²) in [5.74, 6) is 0.257. The van der Waals surface area contributed by atoms with Crippen LogP contribution in [0, 0.1) is 0 Å². The molecule has 1 aromatic heterocycles. The Morgan fingerprint density at radius 3 is 2.94 bits per heavy atom. The third-order valence-corrected chi connectivity index (χ3v) is 3.78. The number of nitrogens with two attached hydrogens (primary N) is 1. The van der Waals surface area contributed by atoms with Gasteiger partial charge in [-0.25, -0.2) is 0 Å². The van der Waals surface area contributed by atoms with Gasteiger partial charge in [0.2, 0.25) is 5.91 Å². The first-order chi connectivity index (χ1) is 8.66. The number of hydrogen-bond acceptors (Lipinski definition) is 2. The van der Waals surface area contributed by atoms with Crippen molar-refractivity contribution in [3.05, 3.63) is 36.0 Å². The predicted molar refractivity (Wildman–Crippen MR) is 71.3 cm³/mol. The van der Waals surface area contributed by atoms with Crippen LogP contribution in [-0.2, 0) is 11.8 Å². The largest absolute Gasteiger partial charge is 0.355 e. The van der Waals surface area contributed by atoms with Crippen molar-refractivity contribution in [2.45, 2.75) is 18.4 Å². The van der Waals surface area contributed by atoms with Crippen LogP contribution in [0.4, 0.5) is 0 Å². The molecular weight excluding hydrogens is 226 g/mol. The van der Waals surface area contributed by atoms with E-state index in [2.05, 4.69) is 28.2 Å². The minimum atomic E-state index is -0.0930. The lowest BCUT2D eigenvalue weighted by Crippen LogP contribution is -2.46. The standard InChI is InChI=1S/C14H17N3O/c1-17-8-11(9-4-2-3-5-13(9)17)10-7-16-14(18)6-12(10)15/h2-5,8,10,12H,6-7,15H2,1H3,(H,16,18). The number of fused-ring (bicyclic) bond motifs is 1. The van der Waals surface area contributed by atoms with E-state index in [1.165, 1.54) is 16.5 Å². The Labute approximate surface area is 106 Å². The number of aromatic nitrogens is 1. The second-order valence-electron chi connectivity index (χ2n) is 4.99. The summed E-state index contributed by atoms with van der Waals surface area (Å²) in [5, 5.41) is 4.14. The quantitative estimate of drug-likeness (QED) is 0.788. The minimum Gasteiger partial charge on any atom is -0.355 e. The Balaban J connectivity index is 2.06. The number of para-hydroxylation sites is 1. The first-order valence-electron chi connectivity index (χ1n) is 6.23. The van der Waals surface area contributed by atoms with E-state index in [0.29, 0.717) is 13.0 Å². The SMILES string of the molecule is Cn1cc(C2CNC(=O)CC2N)c2ccccc21. The van der Waals surface area contributed by atoms with Crippen molar-refractivity contribution in [3.63, 3.8) is 0 Å². The van der Waals surface area contributed by atoms with Crippen LogP contribution in [0.5, 0.6) is 0 Å². The van der Waals surface area contributed by atoms with E-state index in [0.717, 1.165) is 0 Å². The zero-order valence-electron chi connectivity index (χ0n) is 10.4. The van der Waals surface area contributed by atoms with Gasteiger partial charge in [0, 0.05) is 49.1 Å². The van der Waals surface area contributed by atoms with Gasteiger partial charge in [-0.2, -0.15) is 0 Å². The Bertz CT molecular complexity index is 602. The van der Waals surface area contributed by atoms with Crippen LogP contribution in [0.25, 0.3) is 10.9 Å². The molecule has 2 aromatic rings. The van der Waals surface area contributed by atoms with Crippen molar-refractivity contribution in [1.82, 2.24) is 9.88 Å². The summed E-state index contributed by atoms with van der Waals surface area (Å²) in [6.45, 7) is 0.633. The third-order valence-electron chi connectivity index (χ3n) is 3.78. The van der Waals surface area contributed by atoms with Crippen LogP contribution < -0.4 is 11.1 Å². The molecule has 1 aromatic carbocycles. The maximum absolute atomic E-state index is 11.3. The zero-order valence-corrected chi connectivity index (χ0v) is 10.4. The molecule has 0 bridgehead atoms. The summed E-state index contributed by atoms with van der Waals surface area (Å²) in [6.07, 6.45) is 2.54. The fourth-order valence-electron chi connectivity index (χ4n) is 2.81. The molecule has 0 radical (unpaired) electrons. The second kappa shape index (κ2) is 4.14. The van der Waals surface area contributed by atoms with Crippen molar-refractivity contribution in [2.24, 2.45) is 12.8 Å². The summed E-state index contributed by atoms with van der Waals surface area (Å²) in [5.41, 5.74) is 8.57. The van der Waals surface area contributed by atoms with Crippen molar-refractivity contribution in [3.8, 4) is 0 Å². The lowest BCUT2D eigenvalue weighted by Gasteiger charge is -2.28. The first-order valence-corrected chi connectivity index (χ1v) is 6.23. The summed E-state index contributed by atoms with van der Waals surface area (Å²) in [4.78, 5) is 11.3. The number of piperidine rings is 1. The third kappa shape index (κ3) is 1.69. The van der Waals surface area contributed by atoms with Crippen LogP contribution in [0.3, 0.4) is 0 Å². The molecule has 1 aliphatic heterocycles. The molecule has 1 amide bonds. The molecule has 1 aliphatic rings. The number of carbonyl (C=O) groups is 1. The van der Waals surface area contributed by atoms with Gasteiger partial charge >= 0.3 is 0 Å². The lowest BCUT2D eigenvalue weighted by molar-refractivity contribution is -0.122. The normalized spacial score (nSPS) is 24.2. The molecular formula is C14H17N3O. The van der Waals surface area contributed by atoms with Gasteiger partial charge in [0.1, 0.15) is 0 Å². The molecule has 4 nitrogen and oxygen atoms in total. The van der Waals surface area contributed by atoms with E-state index in [4.69, 9.17) is 5.73 Å². The molecule has 1 fully saturated rings. The summed E-state index contributed by atoms with van der Waals surface area (Å²) in [6, 6.07) is 8.21. The molecule has 3 rings (SSSR count). The van der Waals surface area contributed by atoms with E-state index < -0.39 is 0 Å². The van der Waals surface area contributed by atoms with Gasteiger partial charge < -0.3 is 15.6 Å². The zero-order chi connectivity index (χ0) is 12.7. The highest BCUT2D eigenvalue weighted by molar-refractivity contribution is 5.85. The fraction of sp³-hybridized carbons (Fsp3) is 0.357. The highest BCUT2D eigenvalue weighted by Crippen LogP contribution is 2.30. The first kappa shape index (κ1) is 11.3. The number of nitrogens with one attached hydrogen (secondary N) is 1. The number of hydrogen-bond donors (Lipinski definition) is 2. The van der Waals surface area contributed by atoms with Crippen LogP contribution in [0.15, 0.2) is 30.5 Å². The monoisotopic (exact) mass is 243 g/mol. The molecule has 2 heterocycles. The van der Waals surface area contributed by atoms with Gasteiger partial charge in [-0.15, -0.1) is 0 Å². The maximum Gasteiger partial charge on any atom is 0.221 e. The van der Waals surface area contributed by atoms with Crippen LogP contribution in [0.1, 0.15) is 17.9 Å². The number of aryl methyl sites for hydroxylation is 1. The highest BCUT2D eigenvalue weighted by Gasteiger charge is 2.29. The minimum absolute atomic E-state index is 0.0546. The number of rotatable bonds is 1. The van der Waals surface area contributed by atoms with Crippen molar-refractivity contribution in [2.75, 3.05) is 6.54 Å². The smallest absolute Gasteiger partial charge is 0.221 e. The Morgan fingerprint density at radius 2 is 2.17 bits per heavy atom. The topological polar surface area (TPSA) is 60.0 Å². The van der Waals surface area contributed by atoms with E-state index >= 15 is 0 Å². The molecule has 2 unspecified atom stereocenters. The van der Waals surface area contributed by atoms with Gasteiger partial charge in [0.15, 0.2) is 0 Å². The molecule has 0 spiro atoms.